The summed E-state index contributed by atoms with van der Waals surface area (Å²) >= 11 is 0. The standard InChI is InChI=1S/C28H31NO2/c1-3-5-11-21(4-2)20-31-28(30)26(19-29)27(23-13-7-6-8-14-23)25-17-16-22-12-9-10-15-24(22)18-25/h6-10,12-18,21,26-27H,3-5,11,20H2,1-2H3. The van der Waals surface area contributed by atoms with Crippen LogP contribution in [-0.2, 0) is 9.53 Å². The topological polar surface area (TPSA) is 50.1 Å². The van der Waals surface area contributed by atoms with Crippen LogP contribution in [0.3, 0.4) is 0 Å². The molecule has 0 N–H and O–H groups in total. The summed E-state index contributed by atoms with van der Waals surface area (Å²) in [6.07, 6.45) is 4.27. The smallest absolute Gasteiger partial charge is 0.324 e. The van der Waals surface area contributed by atoms with Gasteiger partial charge in [0.25, 0.3) is 0 Å². The second-order valence-electron chi connectivity index (χ2n) is 8.15. The molecule has 0 saturated heterocycles. The van der Waals surface area contributed by atoms with Crippen LogP contribution in [0.4, 0.5) is 0 Å². The third-order valence-corrected chi connectivity index (χ3v) is 6.02. The molecule has 0 aromatic heterocycles. The molecule has 31 heavy (non-hydrogen) atoms. The number of fused-ring (bicyclic) bond motifs is 1. The molecule has 3 atom stereocenters. The Bertz CT molecular complexity index is 1020. The highest BCUT2D eigenvalue weighted by Gasteiger charge is 2.33. The van der Waals surface area contributed by atoms with Crippen LogP contribution >= 0.6 is 0 Å². The van der Waals surface area contributed by atoms with Gasteiger partial charge in [-0.3, -0.25) is 4.79 Å². The summed E-state index contributed by atoms with van der Waals surface area (Å²) < 4.78 is 5.70. The predicted octanol–water partition coefficient (Wildman–Crippen LogP) is 6.87. The minimum absolute atomic E-state index is 0.346. The molecule has 0 bridgehead atoms. The number of rotatable bonds is 10. The maximum absolute atomic E-state index is 13.1. The van der Waals surface area contributed by atoms with Gasteiger partial charge in [0, 0.05) is 5.92 Å². The largest absolute Gasteiger partial charge is 0.464 e. The van der Waals surface area contributed by atoms with Crippen LogP contribution in [0.15, 0.2) is 72.8 Å². The summed E-state index contributed by atoms with van der Waals surface area (Å²) in [5.74, 6) is -1.36. The minimum Gasteiger partial charge on any atom is -0.464 e. The number of ether oxygens (including phenoxy) is 1. The van der Waals surface area contributed by atoms with Gasteiger partial charge in [-0.25, -0.2) is 0 Å². The van der Waals surface area contributed by atoms with E-state index in [4.69, 9.17) is 4.74 Å². The summed E-state index contributed by atoms with van der Waals surface area (Å²) in [5.41, 5.74) is 1.89. The molecular weight excluding hydrogens is 382 g/mol. The zero-order valence-electron chi connectivity index (χ0n) is 18.5. The lowest BCUT2D eigenvalue weighted by Crippen LogP contribution is -2.26. The van der Waals surface area contributed by atoms with E-state index < -0.39 is 11.9 Å². The highest BCUT2D eigenvalue weighted by atomic mass is 16.5. The van der Waals surface area contributed by atoms with Crippen molar-refractivity contribution in [1.29, 1.82) is 5.26 Å². The molecule has 3 rings (SSSR count). The van der Waals surface area contributed by atoms with Gasteiger partial charge in [0.1, 0.15) is 0 Å². The van der Waals surface area contributed by atoms with Crippen LogP contribution in [0, 0.1) is 23.2 Å². The first kappa shape index (κ1) is 22.6. The van der Waals surface area contributed by atoms with E-state index in [1.807, 2.05) is 48.5 Å². The number of nitriles is 1. The number of carbonyl (C=O) groups excluding carboxylic acids is 1. The molecule has 0 aliphatic carbocycles. The fourth-order valence-electron chi connectivity index (χ4n) is 4.09. The molecule has 3 unspecified atom stereocenters. The zero-order valence-corrected chi connectivity index (χ0v) is 18.5. The van der Waals surface area contributed by atoms with E-state index in [0.29, 0.717) is 12.5 Å². The van der Waals surface area contributed by atoms with Crippen molar-refractivity contribution in [2.45, 2.75) is 45.4 Å². The lowest BCUT2D eigenvalue weighted by atomic mass is 9.80. The van der Waals surface area contributed by atoms with Crippen LogP contribution in [0.25, 0.3) is 10.8 Å². The van der Waals surface area contributed by atoms with Crippen LogP contribution in [0.1, 0.15) is 56.6 Å². The highest BCUT2D eigenvalue weighted by Crippen LogP contribution is 2.34. The van der Waals surface area contributed by atoms with E-state index in [-0.39, 0.29) is 5.92 Å². The molecule has 3 aromatic rings. The molecule has 0 heterocycles. The van der Waals surface area contributed by atoms with Crippen molar-refractivity contribution >= 4 is 16.7 Å². The Kier molecular flexibility index (Phi) is 8.24. The molecule has 0 spiro atoms. The van der Waals surface area contributed by atoms with Gasteiger partial charge in [0.15, 0.2) is 5.92 Å². The molecule has 0 aliphatic heterocycles. The van der Waals surface area contributed by atoms with Crippen molar-refractivity contribution in [3.8, 4) is 6.07 Å². The molecule has 0 fully saturated rings. The lowest BCUT2D eigenvalue weighted by Gasteiger charge is -2.23. The molecular formula is C28H31NO2. The van der Waals surface area contributed by atoms with E-state index in [0.717, 1.165) is 47.6 Å². The summed E-state index contributed by atoms with van der Waals surface area (Å²) in [4.78, 5) is 13.1. The SMILES string of the molecule is CCCCC(CC)COC(=O)C(C#N)C(c1ccccc1)c1ccc2ccccc2c1. The fraction of sp³-hybridized carbons (Fsp3) is 0.357. The molecule has 0 radical (unpaired) electrons. The Morgan fingerprint density at radius 2 is 1.65 bits per heavy atom. The highest BCUT2D eigenvalue weighted by molar-refractivity contribution is 5.84. The molecule has 3 aromatic carbocycles. The average molecular weight is 414 g/mol. The van der Waals surface area contributed by atoms with E-state index in [9.17, 15) is 10.1 Å². The second kappa shape index (κ2) is 11.3. The number of unbranched alkanes of at least 4 members (excludes halogenated alkanes) is 1. The fourth-order valence-corrected chi connectivity index (χ4v) is 4.09. The van der Waals surface area contributed by atoms with Crippen molar-refractivity contribution in [2.75, 3.05) is 6.61 Å². The Balaban J connectivity index is 1.90. The minimum atomic E-state index is -0.896. The quantitative estimate of drug-likeness (QED) is 0.341. The summed E-state index contributed by atoms with van der Waals surface area (Å²) in [6, 6.07) is 26.3. The van der Waals surface area contributed by atoms with Crippen molar-refractivity contribution in [2.24, 2.45) is 11.8 Å². The summed E-state index contributed by atoms with van der Waals surface area (Å²) in [7, 11) is 0. The number of esters is 1. The lowest BCUT2D eigenvalue weighted by molar-refractivity contribution is -0.148. The molecule has 0 amide bonds. The first-order valence-corrected chi connectivity index (χ1v) is 11.3. The van der Waals surface area contributed by atoms with Gasteiger partial charge < -0.3 is 4.74 Å². The van der Waals surface area contributed by atoms with Crippen molar-refractivity contribution in [3.05, 3.63) is 83.9 Å². The molecule has 0 saturated carbocycles. The molecule has 0 aliphatic rings. The van der Waals surface area contributed by atoms with Crippen LogP contribution < -0.4 is 0 Å². The predicted molar refractivity (Wildman–Crippen MR) is 126 cm³/mol. The third-order valence-electron chi connectivity index (χ3n) is 6.02. The third kappa shape index (κ3) is 5.73. The normalized spacial score (nSPS) is 13.8. The number of hydrogen-bond donors (Lipinski definition) is 0. The van der Waals surface area contributed by atoms with Crippen LogP contribution in [-0.4, -0.2) is 12.6 Å². The summed E-state index contributed by atoms with van der Waals surface area (Å²) in [6.45, 7) is 4.67. The molecule has 3 heteroatoms. The monoisotopic (exact) mass is 413 g/mol. The van der Waals surface area contributed by atoms with Gasteiger partial charge in [0.05, 0.1) is 12.7 Å². The average Bonchev–Trinajstić information content (AvgIpc) is 2.82. The number of hydrogen-bond acceptors (Lipinski definition) is 3. The van der Waals surface area contributed by atoms with Gasteiger partial charge in [-0.15, -0.1) is 0 Å². The first-order chi connectivity index (χ1) is 15.2. The van der Waals surface area contributed by atoms with Gasteiger partial charge in [-0.2, -0.15) is 5.26 Å². The van der Waals surface area contributed by atoms with Crippen molar-refractivity contribution in [1.82, 2.24) is 0 Å². The first-order valence-electron chi connectivity index (χ1n) is 11.3. The van der Waals surface area contributed by atoms with E-state index in [1.165, 1.54) is 0 Å². The number of carbonyl (C=O) groups is 1. The van der Waals surface area contributed by atoms with Crippen LogP contribution in [0.2, 0.25) is 0 Å². The van der Waals surface area contributed by atoms with E-state index in [2.05, 4.69) is 44.2 Å². The Hall–Kier alpha value is -3.12. The van der Waals surface area contributed by atoms with Gasteiger partial charge >= 0.3 is 5.97 Å². The Morgan fingerprint density at radius 1 is 0.935 bits per heavy atom. The maximum atomic E-state index is 13.1. The van der Waals surface area contributed by atoms with Crippen molar-refractivity contribution < 1.29 is 9.53 Å². The van der Waals surface area contributed by atoms with Gasteiger partial charge in [0.2, 0.25) is 0 Å². The van der Waals surface area contributed by atoms with E-state index >= 15 is 0 Å². The molecule has 160 valence electrons. The maximum Gasteiger partial charge on any atom is 0.324 e. The van der Waals surface area contributed by atoms with Crippen molar-refractivity contribution in [3.63, 3.8) is 0 Å². The number of benzene rings is 3. The Labute approximate surface area is 185 Å². The molecule has 3 nitrogen and oxygen atoms in total. The van der Waals surface area contributed by atoms with Gasteiger partial charge in [-0.05, 0) is 34.2 Å². The second-order valence-corrected chi connectivity index (χ2v) is 8.15. The zero-order chi connectivity index (χ0) is 22.1. The summed E-state index contributed by atoms with van der Waals surface area (Å²) in [5, 5.41) is 12.2. The number of nitrogens with zero attached hydrogens (tertiary/aromatic N) is 1. The van der Waals surface area contributed by atoms with Gasteiger partial charge in [-0.1, -0.05) is 106 Å². The van der Waals surface area contributed by atoms with Crippen LogP contribution in [0.5, 0.6) is 0 Å². The van der Waals surface area contributed by atoms with E-state index in [1.54, 1.807) is 0 Å². The Morgan fingerprint density at radius 3 is 2.32 bits per heavy atom.